The fourth-order valence-corrected chi connectivity index (χ4v) is 3.47. The molecule has 5 heteroatoms. The molecule has 120 valence electrons. The van der Waals surface area contributed by atoms with Crippen LogP contribution in [0, 0.1) is 0 Å². The number of benzene rings is 1. The van der Waals surface area contributed by atoms with Gasteiger partial charge >= 0.3 is 0 Å². The first-order valence-corrected chi connectivity index (χ1v) is 8.72. The van der Waals surface area contributed by atoms with Crippen molar-refractivity contribution in [2.24, 2.45) is 0 Å². The van der Waals surface area contributed by atoms with Gasteiger partial charge in [-0.3, -0.25) is 0 Å². The van der Waals surface area contributed by atoms with Gasteiger partial charge in [-0.15, -0.1) is 0 Å². The van der Waals surface area contributed by atoms with Crippen LogP contribution in [0.3, 0.4) is 0 Å². The monoisotopic (exact) mass is 320 g/mol. The molecule has 1 N–H and O–H groups in total. The molecule has 0 spiro atoms. The predicted molar refractivity (Wildman–Crippen MR) is 92.5 cm³/mol. The van der Waals surface area contributed by atoms with Crippen LogP contribution in [-0.4, -0.2) is 40.6 Å². The molecule has 4 nitrogen and oxygen atoms in total. The van der Waals surface area contributed by atoms with Crippen LogP contribution in [0.1, 0.15) is 38.6 Å². The van der Waals surface area contributed by atoms with Gasteiger partial charge in [-0.2, -0.15) is 0 Å². The Kier molecular flexibility index (Phi) is 5.01. The molecule has 1 aliphatic heterocycles. The van der Waals surface area contributed by atoms with E-state index >= 15 is 0 Å². The maximum atomic E-state index is 6.21. The second-order valence-electron chi connectivity index (χ2n) is 5.93. The van der Waals surface area contributed by atoms with E-state index in [9.17, 15) is 0 Å². The van der Waals surface area contributed by atoms with Gasteiger partial charge < -0.3 is 14.8 Å². The summed E-state index contributed by atoms with van der Waals surface area (Å²) in [6, 6.07) is 6.38. The summed E-state index contributed by atoms with van der Waals surface area (Å²) in [4.78, 5) is 7.34. The largest absolute Gasteiger partial charge is 0.325 e. The maximum absolute atomic E-state index is 6.21. The second kappa shape index (κ2) is 6.99. The number of halogens is 1. The molecule has 1 fully saturated rings. The zero-order valence-corrected chi connectivity index (χ0v) is 14.2. The fraction of sp³-hybridized carbons (Fsp3) is 0.588. The van der Waals surface area contributed by atoms with Crippen molar-refractivity contribution in [3.8, 4) is 0 Å². The molecule has 1 aromatic heterocycles. The third-order valence-electron chi connectivity index (χ3n) is 4.65. The third-order valence-corrected chi connectivity index (χ3v) is 4.88. The molecule has 0 radical (unpaired) electrons. The molecule has 0 amide bonds. The standard InChI is InChI=1S/C17H25ClN4/c1-3-21(4-2)10-11-22-16-12-13(18)7-8-14(16)20-17(22)15-6-5-9-19-15/h7-8,12,15,19H,3-6,9-11H2,1-2H3. The van der Waals surface area contributed by atoms with Gasteiger partial charge in [0.15, 0.2) is 0 Å². The van der Waals surface area contributed by atoms with Gasteiger partial charge in [-0.05, 0) is 50.7 Å². The summed E-state index contributed by atoms with van der Waals surface area (Å²) >= 11 is 6.21. The highest BCUT2D eigenvalue weighted by Gasteiger charge is 2.23. The van der Waals surface area contributed by atoms with Gasteiger partial charge in [0.05, 0.1) is 17.1 Å². The fourth-order valence-electron chi connectivity index (χ4n) is 3.30. The van der Waals surface area contributed by atoms with Crippen molar-refractivity contribution in [3.63, 3.8) is 0 Å². The van der Waals surface area contributed by atoms with Crippen LogP contribution >= 0.6 is 11.6 Å². The van der Waals surface area contributed by atoms with E-state index < -0.39 is 0 Å². The number of likely N-dealkylation sites (N-methyl/N-ethyl adjacent to an activating group) is 1. The van der Waals surface area contributed by atoms with E-state index in [1.54, 1.807) is 0 Å². The summed E-state index contributed by atoms with van der Waals surface area (Å²) < 4.78 is 2.36. The normalized spacial score (nSPS) is 18.6. The minimum atomic E-state index is 0.378. The van der Waals surface area contributed by atoms with Crippen molar-refractivity contribution in [1.82, 2.24) is 19.8 Å². The number of aromatic nitrogens is 2. The lowest BCUT2D eigenvalue weighted by molar-refractivity contribution is 0.289. The van der Waals surface area contributed by atoms with E-state index in [-0.39, 0.29) is 0 Å². The Morgan fingerprint density at radius 2 is 2.18 bits per heavy atom. The molecular weight excluding hydrogens is 296 g/mol. The van der Waals surface area contributed by atoms with Gasteiger partial charge in [0.2, 0.25) is 0 Å². The van der Waals surface area contributed by atoms with E-state index in [0.29, 0.717) is 6.04 Å². The summed E-state index contributed by atoms with van der Waals surface area (Å²) in [6.07, 6.45) is 2.40. The van der Waals surface area contributed by atoms with E-state index in [0.717, 1.165) is 48.8 Å². The van der Waals surface area contributed by atoms with Gasteiger partial charge in [0.1, 0.15) is 5.82 Å². The van der Waals surface area contributed by atoms with Crippen LogP contribution in [0.4, 0.5) is 0 Å². The highest BCUT2D eigenvalue weighted by atomic mass is 35.5. The highest BCUT2D eigenvalue weighted by Crippen LogP contribution is 2.28. The summed E-state index contributed by atoms with van der Waals surface area (Å²) in [5.74, 6) is 1.17. The summed E-state index contributed by atoms with van der Waals surface area (Å²) in [7, 11) is 0. The molecular formula is C17H25ClN4. The number of nitrogens with zero attached hydrogens (tertiary/aromatic N) is 3. The number of hydrogen-bond acceptors (Lipinski definition) is 3. The lowest BCUT2D eigenvalue weighted by Crippen LogP contribution is -2.28. The lowest BCUT2D eigenvalue weighted by Gasteiger charge is -2.20. The molecule has 22 heavy (non-hydrogen) atoms. The maximum Gasteiger partial charge on any atom is 0.127 e. The third kappa shape index (κ3) is 3.14. The molecule has 0 bridgehead atoms. The van der Waals surface area contributed by atoms with E-state index in [1.165, 1.54) is 18.7 Å². The van der Waals surface area contributed by atoms with Gasteiger partial charge in [0, 0.05) is 18.1 Å². The first-order valence-electron chi connectivity index (χ1n) is 8.34. The Bertz CT molecular complexity index is 627. The second-order valence-corrected chi connectivity index (χ2v) is 6.37. The molecule has 0 saturated carbocycles. The molecule has 1 aliphatic rings. The molecule has 1 saturated heterocycles. The number of imidazole rings is 1. The van der Waals surface area contributed by atoms with Crippen LogP contribution < -0.4 is 5.32 Å². The smallest absolute Gasteiger partial charge is 0.127 e. The van der Waals surface area contributed by atoms with Crippen molar-refractivity contribution in [1.29, 1.82) is 0 Å². The number of hydrogen-bond donors (Lipinski definition) is 1. The lowest BCUT2D eigenvalue weighted by atomic mass is 10.2. The van der Waals surface area contributed by atoms with E-state index in [4.69, 9.17) is 16.6 Å². The highest BCUT2D eigenvalue weighted by molar-refractivity contribution is 6.31. The quantitative estimate of drug-likeness (QED) is 0.885. The van der Waals surface area contributed by atoms with Gasteiger partial charge in [-0.1, -0.05) is 25.4 Å². The Labute approximate surface area is 137 Å². The van der Waals surface area contributed by atoms with Crippen molar-refractivity contribution >= 4 is 22.6 Å². The van der Waals surface area contributed by atoms with Crippen molar-refractivity contribution in [2.45, 2.75) is 39.3 Å². The van der Waals surface area contributed by atoms with Gasteiger partial charge in [-0.25, -0.2) is 4.98 Å². The summed E-state index contributed by atoms with van der Waals surface area (Å²) in [5, 5.41) is 4.35. The predicted octanol–water partition coefficient (Wildman–Crippen LogP) is 3.46. The Hall–Kier alpha value is -1.10. The van der Waals surface area contributed by atoms with Crippen LogP contribution in [-0.2, 0) is 6.54 Å². The number of nitrogens with one attached hydrogen (secondary N) is 1. The van der Waals surface area contributed by atoms with Crippen molar-refractivity contribution in [2.75, 3.05) is 26.2 Å². The topological polar surface area (TPSA) is 33.1 Å². The van der Waals surface area contributed by atoms with Crippen LogP contribution in [0.5, 0.6) is 0 Å². The van der Waals surface area contributed by atoms with Crippen LogP contribution in [0.25, 0.3) is 11.0 Å². The van der Waals surface area contributed by atoms with Crippen molar-refractivity contribution in [3.05, 3.63) is 29.0 Å². The zero-order chi connectivity index (χ0) is 15.5. The first-order chi connectivity index (χ1) is 10.7. The zero-order valence-electron chi connectivity index (χ0n) is 13.5. The first kappa shape index (κ1) is 15.8. The van der Waals surface area contributed by atoms with E-state index in [1.807, 2.05) is 18.2 Å². The average molecular weight is 321 g/mol. The average Bonchev–Trinajstić information content (AvgIpc) is 3.16. The summed E-state index contributed by atoms with van der Waals surface area (Å²) in [6.45, 7) is 9.70. The molecule has 0 aliphatic carbocycles. The van der Waals surface area contributed by atoms with Gasteiger partial charge in [0.25, 0.3) is 0 Å². The molecule has 1 aromatic carbocycles. The molecule has 2 heterocycles. The molecule has 1 unspecified atom stereocenters. The molecule has 1 atom stereocenters. The van der Waals surface area contributed by atoms with E-state index in [2.05, 4.69) is 28.6 Å². The Balaban J connectivity index is 1.95. The molecule has 3 rings (SSSR count). The number of fused-ring (bicyclic) bond motifs is 1. The van der Waals surface area contributed by atoms with Crippen molar-refractivity contribution < 1.29 is 0 Å². The Morgan fingerprint density at radius 3 is 2.86 bits per heavy atom. The Morgan fingerprint density at radius 1 is 1.36 bits per heavy atom. The minimum absolute atomic E-state index is 0.378. The van der Waals surface area contributed by atoms with Crippen LogP contribution in [0.2, 0.25) is 5.02 Å². The SMILES string of the molecule is CCN(CC)CCn1c(C2CCCN2)nc2ccc(Cl)cc21. The summed E-state index contributed by atoms with van der Waals surface area (Å²) in [5.41, 5.74) is 2.20. The van der Waals surface area contributed by atoms with Crippen LogP contribution in [0.15, 0.2) is 18.2 Å². The number of rotatable bonds is 6. The molecule has 2 aromatic rings. The minimum Gasteiger partial charge on any atom is -0.325 e.